The molecule has 5 heteroatoms. The summed E-state index contributed by atoms with van der Waals surface area (Å²) in [4.78, 5) is 16.2. The van der Waals surface area contributed by atoms with Crippen LogP contribution < -0.4 is 4.90 Å². The smallest absolute Gasteiger partial charge is 0.414 e. The lowest BCUT2D eigenvalue weighted by atomic mass is 10.2. The molecule has 3 atom stereocenters. The second kappa shape index (κ2) is 6.28. The molecule has 1 aromatic carbocycles. The van der Waals surface area contributed by atoms with Crippen molar-refractivity contribution in [3.63, 3.8) is 0 Å². The Bertz CT molecular complexity index is 486. The van der Waals surface area contributed by atoms with E-state index in [1.54, 1.807) is 4.90 Å². The van der Waals surface area contributed by atoms with Gasteiger partial charge in [0.1, 0.15) is 6.10 Å². The maximum Gasteiger partial charge on any atom is 0.414 e. The maximum absolute atomic E-state index is 12.0. The molecular formula is C16H22N2O2S. The minimum Gasteiger partial charge on any atom is -0.443 e. The predicted octanol–water partition coefficient (Wildman–Crippen LogP) is 2.84. The predicted molar refractivity (Wildman–Crippen MR) is 87.0 cm³/mol. The van der Waals surface area contributed by atoms with Crippen LogP contribution >= 0.6 is 11.8 Å². The minimum atomic E-state index is -0.223. The molecule has 4 nitrogen and oxygen atoms in total. The number of hydrogen-bond donors (Lipinski definition) is 0. The van der Waals surface area contributed by atoms with Gasteiger partial charge in [0.2, 0.25) is 0 Å². The third kappa shape index (κ3) is 3.52. The topological polar surface area (TPSA) is 32.8 Å². The van der Waals surface area contributed by atoms with Crippen LogP contribution in [0.15, 0.2) is 30.3 Å². The van der Waals surface area contributed by atoms with E-state index in [0.29, 0.717) is 17.0 Å². The average Bonchev–Trinajstić information content (AvgIpc) is 2.79. The number of nitrogens with zero attached hydrogens (tertiary/aromatic N) is 2. The molecule has 114 valence electrons. The van der Waals surface area contributed by atoms with Crippen molar-refractivity contribution in [2.75, 3.05) is 31.1 Å². The van der Waals surface area contributed by atoms with E-state index >= 15 is 0 Å². The van der Waals surface area contributed by atoms with E-state index in [2.05, 4.69) is 18.7 Å². The number of carbonyl (C=O) groups is 1. The fraction of sp³-hybridized carbons (Fsp3) is 0.562. The van der Waals surface area contributed by atoms with Crippen molar-refractivity contribution in [2.45, 2.75) is 30.5 Å². The SMILES string of the molecule is C[C@@H]1CN(C[C@H]2CN(c3ccccc3)C(=O)O2)C[C@H](C)S1. The molecule has 0 N–H and O–H groups in total. The number of benzene rings is 1. The second-order valence-electron chi connectivity index (χ2n) is 5.93. The van der Waals surface area contributed by atoms with Crippen LogP contribution in [0.1, 0.15) is 13.8 Å². The summed E-state index contributed by atoms with van der Waals surface area (Å²) in [6.45, 7) is 8.18. The molecule has 0 radical (unpaired) electrons. The molecule has 2 heterocycles. The zero-order valence-electron chi connectivity index (χ0n) is 12.6. The number of para-hydroxylation sites is 1. The Labute approximate surface area is 130 Å². The van der Waals surface area contributed by atoms with Crippen LogP contribution in [0.2, 0.25) is 0 Å². The third-order valence-corrected chi connectivity index (χ3v) is 5.13. The fourth-order valence-electron chi connectivity index (χ4n) is 3.16. The third-order valence-electron chi connectivity index (χ3n) is 3.90. The van der Waals surface area contributed by atoms with Gasteiger partial charge in [0.25, 0.3) is 0 Å². The number of thioether (sulfide) groups is 1. The van der Waals surface area contributed by atoms with E-state index < -0.39 is 0 Å². The molecule has 1 amide bonds. The first-order valence-electron chi connectivity index (χ1n) is 7.53. The summed E-state index contributed by atoms with van der Waals surface area (Å²) in [5, 5.41) is 1.30. The quantitative estimate of drug-likeness (QED) is 0.860. The summed E-state index contributed by atoms with van der Waals surface area (Å²) < 4.78 is 5.54. The molecule has 2 fully saturated rings. The van der Waals surface area contributed by atoms with Crippen molar-refractivity contribution in [1.29, 1.82) is 0 Å². The first-order valence-corrected chi connectivity index (χ1v) is 8.47. The summed E-state index contributed by atoms with van der Waals surface area (Å²) >= 11 is 2.04. The van der Waals surface area contributed by atoms with Crippen LogP contribution in [-0.4, -0.2) is 53.8 Å². The first kappa shape index (κ1) is 14.7. The monoisotopic (exact) mass is 306 g/mol. The second-order valence-corrected chi connectivity index (χ2v) is 7.81. The molecule has 0 saturated carbocycles. The molecular weight excluding hydrogens is 284 g/mol. The summed E-state index contributed by atoms with van der Waals surface area (Å²) in [5.41, 5.74) is 0.918. The van der Waals surface area contributed by atoms with Crippen LogP contribution in [0.25, 0.3) is 0 Å². The molecule has 2 aliphatic rings. The van der Waals surface area contributed by atoms with E-state index in [-0.39, 0.29) is 12.2 Å². The summed E-state index contributed by atoms with van der Waals surface area (Å²) in [6, 6.07) is 9.75. The Hall–Kier alpha value is -1.20. The summed E-state index contributed by atoms with van der Waals surface area (Å²) in [5.74, 6) is 0. The summed E-state index contributed by atoms with van der Waals surface area (Å²) in [7, 11) is 0. The highest BCUT2D eigenvalue weighted by molar-refractivity contribution is 8.00. The highest BCUT2D eigenvalue weighted by Crippen LogP contribution is 2.26. The van der Waals surface area contributed by atoms with Crippen molar-refractivity contribution < 1.29 is 9.53 Å². The van der Waals surface area contributed by atoms with Crippen molar-refractivity contribution >= 4 is 23.5 Å². The Morgan fingerprint density at radius 2 is 1.81 bits per heavy atom. The van der Waals surface area contributed by atoms with E-state index in [9.17, 15) is 4.79 Å². The molecule has 0 aromatic heterocycles. The van der Waals surface area contributed by atoms with Gasteiger partial charge >= 0.3 is 6.09 Å². The standard InChI is InChI=1S/C16H22N2O2S/c1-12-8-17(9-13(2)21-12)10-15-11-18(16(19)20-15)14-6-4-3-5-7-14/h3-7,12-13,15H,8-11H2,1-2H3/t12-,13+,15-/m0/s1. The van der Waals surface area contributed by atoms with E-state index in [0.717, 1.165) is 25.3 Å². The van der Waals surface area contributed by atoms with Gasteiger partial charge in [-0.3, -0.25) is 9.80 Å². The van der Waals surface area contributed by atoms with Gasteiger partial charge in [0.05, 0.1) is 6.54 Å². The first-order chi connectivity index (χ1) is 10.1. The molecule has 2 saturated heterocycles. The summed E-state index contributed by atoms with van der Waals surface area (Å²) in [6.07, 6.45) is -0.251. The molecule has 21 heavy (non-hydrogen) atoms. The van der Waals surface area contributed by atoms with Gasteiger partial charge in [0.15, 0.2) is 0 Å². The number of amides is 1. The maximum atomic E-state index is 12.0. The van der Waals surface area contributed by atoms with Crippen LogP contribution in [0.5, 0.6) is 0 Å². The normalized spacial score (nSPS) is 30.5. The molecule has 0 aliphatic carbocycles. The van der Waals surface area contributed by atoms with Gasteiger partial charge < -0.3 is 4.74 Å². The molecule has 0 bridgehead atoms. The van der Waals surface area contributed by atoms with Gasteiger partial charge in [-0.05, 0) is 12.1 Å². The van der Waals surface area contributed by atoms with Crippen LogP contribution in [0.3, 0.4) is 0 Å². The van der Waals surface area contributed by atoms with Gasteiger partial charge in [-0.2, -0.15) is 11.8 Å². The van der Waals surface area contributed by atoms with Gasteiger partial charge in [0, 0.05) is 35.8 Å². The van der Waals surface area contributed by atoms with Gasteiger partial charge in [-0.25, -0.2) is 4.79 Å². The average molecular weight is 306 g/mol. The van der Waals surface area contributed by atoms with Crippen molar-refractivity contribution in [2.24, 2.45) is 0 Å². The van der Waals surface area contributed by atoms with Crippen LogP contribution in [0.4, 0.5) is 10.5 Å². The molecule has 2 aliphatic heterocycles. The lowest BCUT2D eigenvalue weighted by molar-refractivity contribution is 0.108. The van der Waals surface area contributed by atoms with E-state index in [1.807, 2.05) is 42.1 Å². The number of cyclic esters (lactones) is 1. The largest absolute Gasteiger partial charge is 0.443 e. The molecule has 0 spiro atoms. The highest BCUT2D eigenvalue weighted by Gasteiger charge is 2.34. The Balaban J connectivity index is 1.60. The van der Waals surface area contributed by atoms with Crippen molar-refractivity contribution in [3.8, 4) is 0 Å². The zero-order valence-corrected chi connectivity index (χ0v) is 13.4. The Morgan fingerprint density at radius 1 is 1.14 bits per heavy atom. The number of rotatable bonds is 3. The number of carbonyl (C=O) groups excluding carboxylic acids is 1. The number of ether oxygens (including phenoxy) is 1. The lowest BCUT2D eigenvalue weighted by Crippen LogP contribution is -2.44. The van der Waals surface area contributed by atoms with Crippen LogP contribution in [-0.2, 0) is 4.74 Å². The number of hydrogen-bond acceptors (Lipinski definition) is 4. The van der Waals surface area contributed by atoms with E-state index in [1.165, 1.54) is 0 Å². The van der Waals surface area contributed by atoms with Crippen molar-refractivity contribution in [1.82, 2.24) is 4.90 Å². The zero-order chi connectivity index (χ0) is 14.8. The molecule has 1 aromatic rings. The van der Waals surface area contributed by atoms with Crippen molar-refractivity contribution in [3.05, 3.63) is 30.3 Å². The molecule has 3 rings (SSSR count). The highest BCUT2D eigenvalue weighted by atomic mass is 32.2. The lowest BCUT2D eigenvalue weighted by Gasteiger charge is -2.35. The van der Waals surface area contributed by atoms with Gasteiger partial charge in [-0.15, -0.1) is 0 Å². The van der Waals surface area contributed by atoms with E-state index in [4.69, 9.17) is 4.74 Å². The minimum absolute atomic E-state index is 0.0276. The molecule has 0 unspecified atom stereocenters. The van der Waals surface area contributed by atoms with Crippen LogP contribution in [0, 0.1) is 0 Å². The van der Waals surface area contributed by atoms with Gasteiger partial charge in [-0.1, -0.05) is 32.0 Å². The Kier molecular flexibility index (Phi) is 4.40. The Morgan fingerprint density at radius 3 is 2.48 bits per heavy atom. The fourth-order valence-corrected chi connectivity index (χ4v) is 4.54. The number of anilines is 1.